The zero-order valence-corrected chi connectivity index (χ0v) is 11.9. The highest BCUT2D eigenvalue weighted by atomic mass is 16.4. The molecular weight excluding hydrogens is 264 g/mol. The minimum Gasteiger partial charge on any atom is -0.481 e. The Morgan fingerprint density at radius 1 is 0.850 bits per heavy atom. The second-order valence-corrected chi connectivity index (χ2v) is 5.23. The quantitative estimate of drug-likeness (QED) is 0.450. The summed E-state index contributed by atoms with van der Waals surface area (Å²) in [5.74, 6) is -2.39. The summed E-state index contributed by atoms with van der Waals surface area (Å²) >= 11 is 0. The number of hydrogen-bond acceptors (Lipinski definition) is 4. The Kier molecular flexibility index (Phi) is 8.83. The average molecular weight is 288 g/mol. The summed E-state index contributed by atoms with van der Waals surface area (Å²) in [6, 6.07) is 0. The van der Waals surface area contributed by atoms with Crippen molar-refractivity contribution in [1.29, 1.82) is 0 Å². The Morgan fingerprint density at radius 2 is 1.15 bits per heavy atom. The van der Waals surface area contributed by atoms with E-state index in [-0.39, 0.29) is 24.7 Å². The Labute approximate surface area is 118 Å². The zero-order valence-electron chi connectivity index (χ0n) is 11.9. The van der Waals surface area contributed by atoms with Gasteiger partial charge in [0, 0.05) is 0 Å². The molecule has 6 heteroatoms. The molecule has 0 aromatic carbocycles. The number of aliphatic hydroxyl groups excluding tert-OH is 2. The molecule has 4 atom stereocenters. The standard InChI is InChI=1S/C14H24O6/c1-9(11(15)7-13(17)18)5-3-4-6-10(2)12(16)8-14(19)20/h3-4,9-12,15-16H,5-8H2,1-2H3,(H,17,18)(H,19,20)/b4-3+. The molecule has 4 N–H and O–H groups in total. The fraction of sp³-hybridized carbons (Fsp3) is 0.714. The molecule has 0 bridgehead atoms. The van der Waals surface area contributed by atoms with Gasteiger partial charge in [0.05, 0.1) is 25.0 Å². The summed E-state index contributed by atoms with van der Waals surface area (Å²) in [4.78, 5) is 20.9. The number of hydrogen-bond donors (Lipinski definition) is 4. The minimum absolute atomic E-state index is 0.165. The Bertz CT molecular complexity index is 307. The maximum absolute atomic E-state index is 10.4. The van der Waals surface area contributed by atoms with Gasteiger partial charge in [-0.2, -0.15) is 0 Å². The first kappa shape index (κ1) is 18.6. The highest BCUT2D eigenvalue weighted by Gasteiger charge is 2.17. The number of aliphatic hydroxyl groups is 2. The van der Waals surface area contributed by atoms with E-state index >= 15 is 0 Å². The van der Waals surface area contributed by atoms with Crippen LogP contribution < -0.4 is 0 Å². The molecule has 0 rings (SSSR count). The molecule has 4 unspecified atom stereocenters. The first-order valence-electron chi connectivity index (χ1n) is 6.68. The molecule has 0 saturated heterocycles. The van der Waals surface area contributed by atoms with Gasteiger partial charge in [-0.25, -0.2) is 0 Å². The largest absolute Gasteiger partial charge is 0.481 e. The van der Waals surface area contributed by atoms with Crippen LogP contribution >= 0.6 is 0 Å². The summed E-state index contributed by atoms with van der Waals surface area (Å²) in [7, 11) is 0. The Balaban J connectivity index is 4.01. The van der Waals surface area contributed by atoms with Gasteiger partial charge >= 0.3 is 11.9 Å². The van der Waals surface area contributed by atoms with E-state index < -0.39 is 24.1 Å². The molecule has 0 radical (unpaired) electrons. The number of carboxylic acid groups (broad SMARTS) is 2. The van der Waals surface area contributed by atoms with Crippen LogP contribution in [0.15, 0.2) is 12.2 Å². The maximum Gasteiger partial charge on any atom is 0.305 e. The molecule has 0 amide bonds. The minimum atomic E-state index is -1.03. The number of allylic oxidation sites excluding steroid dienone is 2. The van der Waals surface area contributed by atoms with Crippen LogP contribution in [0.5, 0.6) is 0 Å². The third-order valence-corrected chi connectivity index (χ3v) is 3.26. The number of carbonyl (C=O) groups is 2. The van der Waals surface area contributed by atoms with Gasteiger partial charge in [0.25, 0.3) is 0 Å². The molecule has 0 saturated carbocycles. The lowest BCUT2D eigenvalue weighted by Gasteiger charge is -2.16. The summed E-state index contributed by atoms with van der Waals surface area (Å²) in [5, 5.41) is 36.2. The molecule has 0 aromatic heterocycles. The lowest BCUT2D eigenvalue weighted by molar-refractivity contribution is -0.141. The van der Waals surface area contributed by atoms with Gasteiger partial charge in [0.15, 0.2) is 0 Å². The van der Waals surface area contributed by atoms with E-state index in [1.54, 1.807) is 13.8 Å². The van der Waals surface area contributed by atoms with Crippen LogP contribution in [0.4, 0.5) is 0 Å². The third kappa shape index (κ3) is 8.66. The van der Waals surface area contributed by atoms with Crippen molar-refractivity contribution < 1.29 is 30.0 Å². The predicted molar refractivity (Wildman–Crippen MR) is 73.2 cm³/mol. The van der Waals surface area contributed by atoms with Crippen LogP contribution in [0.25, 0.3) is 0 Å². The fourth-order valence-electron chi connectivity index (χ4n) is 1.70. The van der Waals surface area contributed by atoms with Crippen LogP contribution in [-0.4, -0.2) is 44.6 Å². The van der Waals surface area contributed by atoms with Gasteiger partial charge in [0.2, 0.25) is 0 Å². The summed E-state index contributed by atoms with van der Waals surface area (Å²) < 4.78 is 0. The molecule has 0 aromatic rings. The molecule has 20 heavy (non-hydrogen) atoms. The van der Waals surface area contributed by atoms with Crippen molar-refractivity contribution in [3.05, 3.63) is 12.2 Å². The molecule has 116 valence electrons. The van der Waals surface area contributed by atoms with Crippen LogP contribution in [-0.2, 0) is 9.59 Å². The summed E-state index contributed by atoms with van der Waals surface area (Å²) in [6.45, 7) is 3.53. The number of carboxylic acids is 2. The van der Waals surface area contributed by atoms with Gasteiger partial charge in [-0.1, -0.05) is 26.0 Å². The highest BCUT2D eigenvalue weighted by Crippen LogP contribution is 2.15. The van der Waals surface area contributed by atoms with Crippen molar-refractivity contribution in [2.75, 3.05) is 0 Å². The van der Waals surface area contributed by atoms with Crippen molar-refractivity contribution in [2.24, 2.45) is 11.8 Å². The van der Waals surface area contributed by atoms with E-state index in [2.05, 4.69) is 0 Å². The van der Waals surface area contributed by atoms with Crippen LogP contribution in [0.2, 0.25) is 0 Å². The molecule has 0 aliphatic rings. The summed E-state index contributed by atoms with van der Waals surface area (Å²) in [5.41, 5.74) is 0. The Morgan fingerprint density at radius 3 is 1.40 bits per heavy atom. The monoisotopic (exact) mass is 288 g/mol. The lowest BCUT2D eigenvalue weighted by atomic mass is 9.95. The third-order valence-electron chi connectivity index (χ3n) is 3.26. The fourth-order valence-corrected chi connectivity index (χ4v) is 1.70. The van der Waals surface area contributed by atoms with Crippen molar-refractivity contribution >= 4 is 11.9 Å². The van der Waals surface area contributed by atoms with Crippen LogP contribution in [0.3, 0.4) is 0 Å². The molecule has 6 nitrogen and oxygen atoms in total. The van der Waals surface area contributed by atoms with Gasteiger partial charge in [-0.05, 0) is 24.7 Å². The summed E-state index contributed by atoms with van der Waals surface area (Å²) in [6.07, 6.45) is 2.40. The van der Waals surface area contributed by atoms with Crippen LogP contribution in [0, 0.1) is 11.8 Å². The highest BCUT2D eigenvalue weighted by molar-refractivity contribution is 5.67. The van der Waals surface area contributed by atoms with Gasteiger partial charge in [-0.3, -0.25) is 9.59 Å². The van der Waals surface area contributed by atoms with Crippen LogP contribution in [0.1, 0.15) is 39.5 Å². The lowest BCUT2D eigenvalue weighted by Crippen LogP contribution is -2.21. The van der Waals surface area contributed by atoms with Gasteiger partial charge < -0.3 is 20.4 Å². The molecular formula is C14H24O6. The normalized spacial score (nSPS) is 17.6. The topological polar surface area (TPSA) is 115 Å². The predicted octanol–water partition coefficient (Wildman–Crippen LogP) is 1.27. The smallest absolute Gasteiger partial charge is 0.305 e. The average Bonchev–Trinajstić information content (AvgIpc) is 2.32. The maximum atomic E-state index is 10.4. The SMILES string of the molecule is CC(C/C=C/CC(C)C(O)CC(=O)O)C(O)CC(=O)O. The number of aliphatic carboxylic acids is 2. The molecule has 0 fully saturated rings. The second kappa shape index (κ2) is 9.50. The van der Waals surface area contributed by atoms with Gasteiger partial charge in [-0.15, -0.1) is 0 Å². The molecule has 0 spiro atoms. The molecule has 0 aliphatic carbocycles. The van der Waals surface area contributed by atoms with E-state index in [1.807, 2.05) is 12.2 Å². The first-order chi connectivity index (χ1) is 9.23. The van der Waals surface area contributed by atoms with E-state index in [0.29, 0.717) is 12.8 Å². The Hall–Kier alpha value is -1.40. The van der Waals surface area contributed by atoms with Gasteiger partial charge in [0.1, 0.15) is 0 Å². The first-order valence-corrected chi connectivity index (χ1v) is 6.68. The van der Waals surface area contributed by atoms with E-state index in [4.69, 9.17) is 10.2 Å². The van der Waals surface area contributed by atoms with Crippen molar-refractivity contribution in [1.82, 2.24) is 0 Å². The molecule has 0 aliphatic heterocycles. The van der Waals surface area contributed by atoms with E-state index in [0.717, 1.165) is 0 Å². The van der Waals surface area contributed by atoms with Crippen molar-refractivity contribution in [3.8, 4) is 0 Å². The van der Waals surface area contributed by atoms with E-state index in [9.17, 15) is 19.8 Å². The second-order valence-electron chi connectivity index (χ2n) is 5.23. The van der Waals surface area contributed by atoms with Crippen molar-refractivity contribution in [3.63, 3.8) is 0 Å². The van der Waals surface area contributed by atoms with Crippen molar-refractivity contribution in [2.45, 2.75) is 51.7 Å². The number of rotatable bonds is 10. The van der Waals surface area contributed by atoms with E-state index in [1.165, 1.54) is 0 Å². The molecule has 0 heterocycles. The zero-order chi connectivity index (χ0) is 15.7.